The van der Waals surface area contributed by atoms with E-state index in [1.54, 1.807) is 18.7 Å². The van der Waals surface area contributed by atoms with Crippen molar-refractivity contribution in [2.75, 3.05) is 12.8 Å². The number of carbonyl (C=O) groups excluding carboxylic acids is 1. The predicted octanol–water partition coefficient (Wildman–Crippen LogP) is 2.56. The van der Waals surface area contributed by atoms with Gasteiger partial charge in [0.15, 0.2) is 0 Å². The minimum atomic E-state index is -0.877. The first-order valence-corrected chi connectivity index (χ1v) is 7.37. The molecule has 0 aliphatic carbocycles. The van der Waals surface area contributed by atoms with Crippen molar-refractivity contribution >= 4 is 23.6 Å². The molecule has 2 N–H and O–H groups in total. The fourth-order valence-corrected chi connectivity index (χ4v) is 2.13. The lowest BCUT2D eigenvalue weighted by atomic mass is 10.1. The van der Waals surface area contributed by atoms with Gasteiger partial charge in [-0.05, 0) is 37.3 Å². The Balaban J connectivity index is 2.75. The lowest BCUT2D eigenvalue weighted by Gasteiger charge is -2.12. The molecule has 0 aliphatic heterocycles. The van der Waals surface area contributed by atoms with E-state index in [0.29, 0.717) is 12.0 Å². The van der Waals surface area contributed by atoms with Crippen LogP contribution in [0.15, 0.2) is 23.1 Å². The van der Waals surface area contributed by atoms with Gasteiger partial charge in [-0.3, -0.25) is 9.59 Å². The van der Waals surface area contributed by atoms with Crippen LogP contribution in [0, 0.1) is 12.8 Å². The predicted molar refractivity (Wildman–Crippen MR) is 76.7 cm³/mol. The van der Waals surface area contributed by atoms with E-state index >= 15 is 0 Å². The summed E-state index contributed by atoms with van der Waals surface area (Å²) in [6.07, 6.45) is 2.45. The summed E-state index contributed by atoms with van der Waals surface area (Å²) < 4.78 is 0. The molecule has 1 amide bonds. The van der Waals surface area contributed by atoms with Gasteiger partial charge in [0.2, 0.25) is 0 Å². The van der Waals surface area contributed by atoms with E-state index in [9.17, 15) is 9.59 Å². The Morgan fingerprint density at radius 3 is 2.63 bits per heavy atom. The Morgan fingerprint density at radius 1 is 1.42 bits per heavy atom. The number of aryl methyl sites for hydroxylation is 1. The van der Waals surface area contributed by atoms with Gasteiger partial charge in [-0.15, -0.1) is 11.8 Å². The molecular weight excluding hydrogens is 262 g/mol. The molecule has 4 nitrogen and oxygen atoms in total. The molecule has 0 saturated heterocycles. The van der Waals surface area contributed by atoms with Gasteiger partial charge in [-0.1, -0.05) is 13.0 Å². The fourth-order valence-electron chi connectivity index (χ4n) is 1.69. The monoisotopic (exact) mass is 281 g/mol. The average molecular weight is 281 g/mol. The molecule has 0 heterocycles. The standard InChI is InChI=1S/C14H19NO3S/c1-4-10(14(17)18)8-15-13(16)12-7-11(19-3)6-5-9(12)2/h5-7,10H,4,8H2,1-3H3,(H,15,16)(H,17,18). The third kappa shape index (κ3) is 4.28. The number of aliphatic carboxylic acids is 1. The van der Waals surface area contributed by atoms with Crippen molar-refractivity contribution in [1.29, 1.82) is 0 Å². The molecule has 0 aliphatic rings. The maximum Gasteiger partial charge on any atom is 0.308 e. The van der Waals surface area contributed by atoms with E-state index < -0.39 is 11.9 Å². The van der Waals surface area contributed by atoms with Gasteiger partial charge >= 0.3 is 5.97 Å². The SMILES string of the molecule is CCC(CNC(=O)c1cc(SC)ccc1C)C(=O)O. The quantitative estimate of drug-likeness (QED) is 0.786. The molecule has 0 bridgehead atoms. The van der Waals surface area contributed by atoms with Crippen LogP contribution in [0.2, 0.25) is 0 Å². The summed E-state index contributed by atoms with van der Waals surface area (Å²) in [6, 6.07) is 5.69. The van der Waals surface area contributed by atoms with Crippen LogP contribution in [0.3, 0.4) is 0 Å². The smallest absolute Gasteiger partial charge is 0.308 e. The first kappa shape index (κ1) is 15.6. The van der Waals surface area contributed by atoms with Crippen molar-refractivity contribution in [3.8, 4) is 0 Å². The fraction of sp³-hybridized carbons (Fsp3) is 0.429. The van der Waals surface area contributed by atoms with Gasteiger partial charge in [-0.2, -0.15) is 0 Å². The Morgan fingerprint density at radius 2 is 2.11 bits per heavy atom. The van der Waals surface area contributed by atoms with Gasteiger partial charge in [0.1, 0.15) is 0 Å². The molecule has 0 fully saturated rings. The van der Waals surface area contributed by atoms with Crippen molar-refractivity contribution in [2.24, 2.45) is 5.92 Å². The number of nitrogens with one attached hydrogen (secondary N) is 1. The number of thioether (sulfide) groups is 1. The number of carboxylic acids is 1. The number of benzene rings is 1. The average Bonchev–Trinajstić information content (AvgIpc) is 2.39. The first-order chi connectivity index (χ1) is 8.99. The highest BCUT2D eigenvalue weighted by atomic mass is 32.2. The van der Waals surface area contributed by atoms with Crippen LogP contribution in [0.1, 0.15) is 29.3 Å². The third-order valence-corrected chi connectivity index (χ3v) is 3.77. The third-order valence-electron chi connectivity index (χ3n) is 3.04. The van der Waals surface area contributed by atoms with Gasteiger partial charge in [0.05, 0.1) is 5.92 Å². The Labute approximate surface area is 117 Å². The van der Waals surface area contributed by atoms with Crippen molar-refractivity contribution in [3.63, 3.8) is 0 Å². The molecule has 0 spiro atoms. The molecule has 19 heavy (non-hydrogen) atoms. The first-order valence-electron chi connectivity index (χ1n) is 6.15. The molecule has 0 saturated carbocycles. The number of carboxylic acid groups (broad SMARTS) is 1. The van der Waals surface area contributed by atoms with E-state index in [2.05, 4.69) is 5.32 Å². The molecule has 1 aromatic rings. The summed E-state index contributed by atoms with van der Waals surface area (Å²) in [5.74, 6) is -1.63. The Bertz CT molecular complexity index is 474. The van der Waals surface area contributed by atoms with Crippen LogP contribution in [0.25, 0.3) is 0 Å². The lowest BCUT2D eigenvalue weighted by Crippen LogP contribution is -2.33. The summed E-state index contributed by atoms with van der Waals surface area (Å²) in [7, 11) is 0. The van der Waals surface area contributed by atoms with E-state index in [1.807, 2.05) is 31.4 Å². The maximum absolute atomic E-state index is 12.1. The number of carbonyl (C=O) groups is 2. The van der Waals surface area contributed by atoms with E-state index in [1.165, 1.54) is 0 Å². The second kappa shape index (κ2) is 7.19. The molecule has 1 rings (SSSR count). The highest BCUT2D eigenvalue weighted by molar-refractivity contribution is 7.98. The second-order valence-corrected chi connectivity index (χ2v) is 5.21. The summed E-state index contributed by atoms with van der Waals surface area (Å²) in [5, 5.41) is 11.6. The minimum Gasteiger partial charge on any atom is -0.481 e. The molecule has 104 valence electrons. The summed E-state index contributed by atoms with van der Waals surface area (Å²) in [5.41, 5.74) is 1.49. The lowest BCUT2D eigenvalue weighted by molar-refractivity contribution is -0.141. The van der Waals surface area contributed by atoms with Crippen LogP contribution in [0.5, 0.6) is 0 Å². The van der Waals surface area contributed by atoms with Gasteiger partial charge < -0.3 is 10.4 Å². The molecule has 0 aromatic heterocycles. The van der Waals surface area contributed by atoms with E-state index in [-0.39, 0.29) is 12.5 Å². The van der Waals surface area contributed by atoms with E-state index in [0.717, 1.165) is 10.5 Å². The topological polar surface area (TPSA) is 66.4 Å². The highest BCUT2D eigenvalue weighted by Crippen LogP contribution is 2.19. The normalized spacial score (nSPS) is 11.9. The second-order valence-electron chi connectivity index (χ2n) is 4.33. The van der Waals surface area contributed by atoms with Crippen molar-refractivity contribution < 1.29 is 14.7 Å². The van der Waals surface area contributed by atoms with Crippen molar-refractivity contribution in [1.82, 2.24) is 5.32 Å². The Kier molecular flexibility index (Phi) is 5.89. The molecule has 1 aromatic carbocycles. The molecule has 1 unspecified atom stereocenters. The molecule has 5 heteroatoms. The van der Waals surface area contributed by atoms with Crippen LogP contribution in [-0.4, -0.2) is 29.8 Å². The minimum absolute atomic E-state index is 0.160. The van der Waals surface area contributed by atoms with Crippen LogP contribution < -0.4 is 5.32 Å². The zero-order valence-corrected chi connectivity index (χ0v) is 12.2. The number of rotatable bonds is 6. The summed E-state index contributed by atoms with van der Waals surface area (Å²) >= 11 is 1.57. The zero-order chi connectivity index (χ0) is 14.4. The van der Waals surface area contributed by atoms with Crippen LogP contribution in [-0.2, 0) is 4.79 Å². The number of hydrogen-bond acceptors (Lipinski definition) is 3. The van der Waals surface area contributed by atoms with Gasteiger partial charge in [0, 0.05) is 17.0 Å². The molecular formula is C14H19NO3S. The number of hydrogen-bond donors (Lipinski definition) is 2. The summed E-state index contributed by atoms with van der Waals surface area (Å²) in [4.78, 5) is 24.0. The van der Waals surface area contributed by atoms with Crippen molar-refractivity contribution in [3.05, 3.63) is 29.3 Å². The highest BCUT2D eigenvalue weighted by Gasteiger charge is 2.17. The van der Waals surface area contributed by atoms with E-state index in [4.69, 9.17) is 5.11 Å². The molecule has 0 radical (unpaired) electrons. The number of amides is 1. The van der Waals surface area contributed by atoms with Gasteiger partial charge in [0.25, 0.3) is 5.91 Å². The summed E-state index contributed by atoms with van der Waals surface area (Å²) in [6.45, 7) is 3.83. The largest absolute Gasteiger partial charge is 0.481 e. The maximum atomic E-state index is 12.1. The van der Waals surface area contributed by atoms with Crippen molar-refractivity contribution in [2.45, 2.75) is 25.2 Å². The van der Waals surface area contributed by atoms with Crippen LogP contribution in [0.4, 0.5) is 0 Å². The zero-order valence-electron chi connectivity index (χ0n) is 11.4. The van der Waals surface area contributed by atoms with Crippen LogP contribution >= 0.6 is 11.8 Å². The Hall–Kier alpha value is -1.49. The molecule has 1 atom stereocenters. The van der Waals surface area contributed by atoms with Gasteiger partial charge in [-0.25, -0.2) is 0 Å².